The minimum absolute atomic E-state index is 0.0823. The van der Waals surface area contributed by atoms with Crippen molar-refractivity contribution in [3.8, 4) is 12.8 Å². The molecule has 6 unspecified atom stereocenters. The number of aliphatic carboxylic acids is 1. The van der Waals surface area contributed by atoms with Gasteiger partial charge in [-0.3, -0.25) is 4.79 Å². The molecular weight excluding hydrogens is 368 g/mol. The van der Waals surface area contributed by atoms with Crippen LogP contribution in [0, 0.1) is 41.4 Å². The molecule has 4 aliphatic carbocycles. The van der Waals surface area contributed by atoms with Crippen LogP contribution in [0.5, 0.6) is 0 Å². The lowest BCUT2D eigenvalue weighted by Crippen LogP contribution is -2.51. The standard InChI is InChI=1S/C19H28O2.C3H6O3.C2H2/c1-18-9-7-13(20)11-12(18)3-4-14-15-5-6-17(21)19(15,2)10-8-16(14)18;1-6-2-3(4)5;1-2/h11,14-17,21H,3-10H2,1-2H3;2H2,1H3,(H,4,5);1-2H. The summed E-state index contributed by atoms with van der Waals surface area (Å²) in [6.07, 6.45) is 18.7. The molecule has 0 aromatic heterocycles. The van der Waals surface area contributed by atoms with Gasteiger partial charge in [0, 0.05) is 13.5 Å². The second-order valence-electron chi connectivity index (χ2n) is 9.43. The number of rotatable bonds is 2. The number of ketones is 1. The molecule has 0 aliphatic heterocycles. The summed E-state index contributed by atoms with van der Waals surface area (Å²) in [5.74, 6) is 1.64. The number of allylic oxidation sites excluding steroid dienone is 1. The Morgan fingerprint density at radius 1 is 1.14 bits per heavy atom. The predicted molar refractivity (Wildman–Crippen MR) is 112 cm³/mol. The number of fused-ring (bicyclic) bond motifs is 5. The van der Waals surface area contributed by atoms with Gasteiger partial charge in [-0.1, -0.05) is 19.4 Å². The fraction of sp³-hybridized carbons (Fsp3) is 0.750. The number of methoxy groups -OCH3 is 1. The average molecular weight is 405 g/mol. The topological polar surface area (TPSA) is 83.8 Å². The molecular formula is C24H36O5. The lowest BCUT2D eigenvalue weighted by molar-refractivity contribution is -0.141. The lowest BCUT2D eigenvalue weighted by Gasteiger charge is -2.57. The SMILES string of the molecule is C#C.CC12CCC(=O)C=C1CCC1C2CCC2(C)C(O)CCC12.COCC(=O)O. The molecule has 0 aromatic carbocycles. The number of aliphatic hydroxyl groups excluding tert-OH is 1. The van der Waals surface area contributed by atoms with Crippen LogP contribution in [-0.2, 0) is 14.3 Å². The number of ether oxygens (including phenoxy) is 1. The number of terminal acetylenes is 1. The third-order valence-corrected chi connectivity index (χ3v) is 8.18. The predicted octanol–water partition coefficient (Wildman–Crippen LogP) is 3.85. The van der Waals surface area contributed by atoms with E-state index in [1.165, 1.54) is 38.4 Å². The number of carbonyl (C=O) groups is 2. The lowest BCUT2D eigenvalue weighted by atomic mass is 9.47. The molecule has 2 N–H and O–H groups in total. The summed E-state index contributed by atoms with van der Waals surface area (Å²) in [7, 11) is 1.34. The monoisotopic (exact) mass is 404 g/mol. The minimum Gasteiger partial charge on any atom is -0.480 e. The smallest absolute Gasteiger partial charge is 0.329 e. The van der Waals surface area contributed by atoms with E-state index >= 15 is 0 Å². The summed E-state index contributed by atoms with van der Waals surface area (Å²) in [5.41, 5.74) is 1.89. The van der Waals surface area contributed by atoms with E-state index in [0.717, 1.165) is 37.5 Å². The van der Waals surface area contributed by atoms with Gasteiger partial charge in [0.25, 0.3) is 0 Å². The Morgan fingerprint density at radius 3 is 2.41 bits per heavy atom. The molecule has 0 saturated heterocycles. The van der Waals surface area contributed by atoms with E-state index in [0.29, 0.717) is 11.7 Å². The summed E-state index contributed by atoms with van der Waals surface area (Å²) in [5, 5.41) is 18.2. The summed E-state index contributed by atoms with van der Waals surface area (Å²) < 4.78 is 4.20. The van der Waals surface area contributed by atoms with E-state index in [4.69, 9.17) is 5.11 Å². The molecule has 4 aliphatic rings. The zero-order valence-electron chi connectivity index (χ0n) is 18.0. The first-order valence-corrected chi connectivity index (χ1v) is 10.7. The molecule has 5 heteroatoms. The largest absolute Gasteiger partial charge is 0.480 e. The van der Waals surface area contributed by atoms with Gasteiger partial charge < -0.3 is 14.9 Å². The summed E-state index contributed by atoms with van der Waals surface area (Å²) in [6, 6.07) is 0. The van der Waals surface area contributed by atoms with E-state index in [1.807, 2.05) is 6.08 Å². The molecule has 0 spiro atoms. The summed E-state index contributed by atoms with van der Waals surface area (Å²) in [4.78, 5) is 21.3. The second-order valence-corrected chi connectivity index (χ2v) is 9.43. The highest BCUT2D eigenvalue weighted by Crippen LogP contribution is 2.65. The highest BCUT2D eigenvalue weighted by Gasteiger charge is 2.58. The Morgan fingerprint density at radius 2 is 1.83 bits per heavy atom. The first kappa shape index (κ1) is 23.6. The van der Waals surface area contributed by atoms with Crippen LogP contribution in [0.15, 0.2) is 11.6 Å². The van der Waals surface area contributed by atoms with Crippen LogP contribution < -0.4 is 0 Å². The van der Waals surface area contributed by atoms with Gasteiger partial charge in [-0.2, -0.15) is 0 Å². The molecule has 0 radical (unpaired) electrons. The van der Waals surface area contributed by atoms with E-state index < -0.39 is 5.97 Å². The van der Waals surface area contributed by atoms with Crippen LogP contribution in [0.3, 0.4) is 0 Å². The number of hydrogen-bond donors (Lipinski definition) is 2. The summed E-state index contributed by atoms with van der Waals surface area (Å²) in [6.45, 7) is 4.56. The molecule has 0 aromatic rings. The highest BCUT2D eigenvalue weighted by atomic mass is 16.5. The van der Waals surface area contributed by atoms with Crippen molar-refractivity contribution in [2.75, 3.05) is 13.7 Å². The average Bonchev–Trinajstić information content (AvgIpc) is 2.99. The van der Waals surface area contributed by atoms with Crippen LogP contribution in [0.2, 0.25) is 0 Å². The quantitative estimate of drug-likeness (QED) is 0.683. The van der Waals surface area contributed by atoms with Gasteiger partial charge in [0.05, 0.1) is 6.10 Å². The van der Waals surface area contributed by atoms with E-state index in [9.17, 15) is 14.7 Å². The van der Waals surface area contributed by atoms with Crippen molar-refractivity contribution in [2.24, 2.45) is 28.6 Å². The van der Waals surface area contributed by atoms with Gasteiger partial charge in [0.2, 0.25) is 0 Å². The van der Waals surface area contributed by atoms with Gasteiger partial charge >= 0.3 is 5.97 Å². The maximum absolute atomic E-state index is 11.8. The van der Waals surface area contributed by atoms with Gasteiger partial charge in [0.1, 0.15) is 6.61 Å². The van der Waals surface area contributed by atoms with Crippen LogP contribution in [-0.4, -0.2) is 41.8 Å². The van der Waals surface area contributed by atoms with Crippen LogP contribution in [0.25, 0.3) is 0 Å². The Balaban J connectivity index is 0.000000325. The normalized spacial score (nSPS) is 39.9. The first-order chi connectivity index (χ1) is 13.7. The molecule has 6 atom stereocenters. The van der Waals surface area contributed by atoms with Crippen molar-refractivity contribution in [1.82, 2.24) is 0 Å². The van der Waals surface area contributed by atoms with Crippen molar-refractivity contribution in [3.05, 3.63) is 11.6 Å². The van der Waals surface area contributed by atoms with Crippen molar-refractivity contribution < 1.29 is 24.5 Å². The number of hydrogen-bond acceptors (Lipinski definition) is 4. The highest BCUT2D eigenvalue weighted by molar-refractivity contribution is 5.91. The molecule has 0 amide bonds. The maximum Gasteiger partial charge on any atom is 0.329 e. The molecule has 3 saturated carbocycles. The van der Waals surface area contributed by atoms with Gasteiger partial charge in [-0.15, -0.1) is 12.8 Å². The zero-order chi connectivity index (χ0) is 21.8. The van der Waals surface area contributed by atoms with Crippen molar-refractivity contribution >= 4 is 11.8 Å². The molecule has 162 valence electrons. The maximum atomic E-state index is 11.8. The zero-order valence-corrected chi connectivity index (χ0v) is 18.0. The fourth-order valence-corrected chi connectivity index (χ4v) is 6.66. The van der Waals surface area contributed by atoms with Crippen molar-refractivity contribution in [2.45, 2.75) is 71.3 Å². The van der Waals surface area contributed by atoms with E-state index in [-0.39, 0.29) is 23.5 Å². The minimum atomic E-state index is -0.933. The third kappa shape index (κ3) is 4.44. The number of aliphatic hydroxyl groups is 1. The Labute approximate surface area is 174 Å². The Bertz CT molecular complexity index is 665. The van der Waals surface area contributed by atoms with Gasteiger partial charge in [-0.25, -0.2) is 4.79 Å². The molecule has 4 rings (SSSR count). The van der Waals surface area contributed by atoms with Gasteiger partial charge in [0.15, 0.2) is 5.78 Å². The van der Waals surface area contributed by atoms with Crippen LogP contribution in [0.1, 0.15) is 65.2 Å². The van der Waals surface area contributed by atoms with Crippen LogP contribution in [0.4, 0.5) is 0 Å². The van der Waals surface area contributed by atoms with Crippen molar-refractivity contribution in [3.63, 3.8) is 0 Å². The molecule has 29 heavy (non-hydrogen) atoms. The molecule has 3 fully saturated rings. The molecule has 5 nitrogen and oxygen atoms in total. The van der Waals surface area contributed by atoms with Crippen molar-refractivity contribution in [1.29, 1.82) is 0 Å². The van der Waals surface area contributed by atoms with Gasteiger partial charge in [-0.05, 0) is 79.6 Å². The van der Waals surface area contributed by atoms with E-state index in [2.05, 4.69) is 31.4 Å². The number of carboxylic acids is 1. The third-order valence-electron chi connectivity index (χ3n) is 8.18. The second kappa shape index (κ2) is 9.45. The molecule has 0 heterocycles. The number of carbonyl (C=O) groups excluding carboxylic acids is 1. The first-order valence-electron chi connectivity index (χ1n) is 10.7. The fourth-order valence-electron chi connectivity index (χ4n) is 6.66. The van der Waals surface area contributed by atoms with E-state index in [1.54, 1.807) is 0 Å². The van der Waals surface area contributed by atoms with Crippen LogP contribution >= 0.6 is 0 Å². The molecule has 0 bridgehead atoms. The Kier molecular flexibility index (Phi) is 7.70. The number of carboxylic acid groups (broad SMARTS) is 1. The Hall–Kier alpha value is -1.64. The summed E-state index contributed by atoms with van der Waals surface area (Å²) >= 11 is 0.